The van der Waals surface area contributed by atoms with E-state index in [1.165, 1.54) is 12.1 Å². The second kappa shape index (κ2) is 14.5. The molecule has 208 valence electrons. The Hall–Kier alpha value is -2.18. The van der Waals surface area contributed by atoms with Crippen molar-refractivity contribution in [2.45, 2.75) is 32.6 Å². The molecule has 1 aromatic carbocycles. The molecule has 1 amide bonds. The lowest BCUT2D eigenvalue weighted by Gasteiger charge is -2.18. The van der Waals surface area contributed by atoms with Gasteiger partial charge in [0.15, 0.2) is 11.5 Å². The van der Waals surface area contributed by atoms with Crippen molar-refractivity contribution in [3.8, 4) is 17.2 Å². The Morgan fingerprint density at radius 2 is 1.14 bits per heavy atom. The molecule has 0 aliphatic carbocycles. The summed E-state index contributed by atoms with van der Waals surface area (Å²) in [6, 6.07) is 2.59. The summed E-state index contributed by atoms with van der Waals surface area (Å²) in [5.41, 5.74) is 0.0725. The number of rotatable bonds is 18. The van der Waals surface area contributed by atoms with E-state index in [0.29, 0.717) is 13.0 Å². The summed E-state index contributed by atoms with van der Waals surface area (Å²) < 4.78 is 109. The number of carbonyl (C=O) groups is 1. The van der Waals surface area contributed by atoms with Gasteiger partial charge in [-0.1, -0.05) is 6.92 Å². The number of hydrogen-bond donors (Lipinski definition) is 4. The molecule has 36 heavy (non-hydrogen) atoms. The molecule has 0 fully saturated rings. The van der Waals surface area contributed by atoms with Crippen molar-refractivity contribution in [1.82, 2.24) is 5.32 Å². The van der Waals surface area contributed by atoms with E-state index in [9.17, 15) is 30.0 Å². The summed E-state index contributed by atoms with van der Waals surface area (Å²) in [7, 11) is -12.7. The van der Waals surface area contributed by atoms with Crippen molar-refractivity contribution in [2.75, 3.05) is 43.6 Å². The van der Waals surface area contributed by atoms with Gasteiger partial charge in [-0.15, -0.1) is 0 Å². The summed E-state index contributed by atoms with van der Waals surface area (Å²) in [5.74, 6) is -2.49. The van der Waals surface area contributed by atoms with E-state index in [4.69, 9.17) is 27.9 Å². The number of ether oxygens (including phenoxy) is 3. The van der Waals surface area contributed by atoms with Crippen LogP contribution in [0.5, 0.6) is 17.2 Å². The molecule has 0 bridgehead atoms. The van der Waals surface area contributed by atoms with Crippen molar-refractivity contribution in [3.05, 3.63) is 17.7 Å². The maximum Gasteiger partial charge on any atom is 0.264 e. The molecule has 0 unspecified atom stereocenters. The Morgan fingerprint density at radius 3 is 1.50 bits per heavy atom. The predicted molar refractivity (Wildman–Crippen MR) is 129 cm³/mol. The van der Waals surface area contributed by atoms with Crippen LogP contribution in [0.1, 0.15) is 43.0 Å². The van der Waals surface area contributed by atoms with Crippen LogP contribution in [0.2, 0.25) is 0 Å². The smallest absolute Gasteiger partial charge is 0.264 e. The molecule has 0 aliphatic rings. The van der Waals surface area contributed by atoms with E-state index in [2.05, 4.69) is 5.32 Å². The molecule has 1 aromatic rings. The third-order valence-electron chi connectivity index (χ3n) is 4.22. The van der Waals surface area contributed by atoms with Crippen LogP contribution in [0, 0.1) is 0 Å². The van der Waals surface area contributed by atoms with Crippen molar-refractivity contribution in [3.63, 3.8) is 0 Å². The van der Waals surface area contributed by atoms with Gasteiger partial charge in [0.05, 0.1) is 37.1 Å². The minimum absolute atomic E-state index is 0.0638. The van der Waals surface area contributed by atoms with Gasteiger partial charge in [-0.2, -0.15) is 25.3 Å². The van der Waals surface area contributed by atoms with E-state index in [1.54, 1.807) is 0 Å². The quantitative estimate of drug-likeness (QED) is 0.140. The van der Waals surface area contributed by atoms with Crippen LogP contribution >= 0.6 is 0 Å². The summed E-state index contributed by atoms with van der Waals surface area (Å²) >= 11 is 0. The number of nitrogens with one attached hydrogen (secondary N) is 1. The highest BCUT2D eigenvalue weighted by molar-refractivity contribution is 7.86. The first-order chi connectivity index (χ1) is 16.6. The molecule has 14 nitrogen and oxygen atoms in total. The lowest BCUT2D eigenvalue weighted by molar-refractivity contribution is 0.0952. The van der Waals surface area contributed by atoms with Gasteiger partial charge in [0.1, 0.15) is 0 Å². The number of amides is 1. The van der Waals surface area contributed by atoms with Gasteiger partial charge in [-0.25, -0.2) is 0 Å². The normalized spacial score (nSPS) is 12.2. The zero-order valence-electron chi connectivity index (χ0n) is 19.6. The maximum absolute atomic E-state index is 12.5. The van der Waals surface area contributed by atoms with Crippen LogP contribution in [0.3, 0.4) is 0 Å². The summed E-state index contributed by atoms with van der Waals surface area (Å²) in [5, 5.41) is 2.66. The van der Waals surface area contributed by atoms with Crippen LogP contribution in [-0.2, 0) is 30.4 Å². The molecule has 0 radical (unpaired) electrons. The molecule has 17 heteroatoms. The van der Waals surface area contributed by atoms with Gasteiger partial charge in [-0.3, -0.25) is 18.5 Å². The van der Waals surface area contributed by atoms with E-state index >= 15 is 0 Å². The average molecular weight is 578 g/mol. The molecule has 0 heterocycles. The zero-order chi connectivity index (χ0) is 27.4. The molecular weight excluding hydrogens is 546 g/mol. The summed E-state index contributed by atoms with van der Waals surface area (Å²) in [4.78, 5) is 12.5. The molecule has 4 N–H and O–H groups in total. The summed E-state index contributed by atoms with van der Waals surface area (Å²) in [6.45, 7) is 1.54. The van der Waals surface area contributed by atoms with Gasteiger partial charge in [0, 0.05) is 12.1 Å². The van der Waals surface area contributed by atoms with Crippen molar-refractivity contribution < 1.29 is 57.9 Å². The fraction of sp³-hybridized carbons (Fsp3) is 0.632. The van der Waals surface area contributed by atoms with E-state index < -0.39 is 53.5 Å². The third-order valence-corrected chi connectivity index (χ3v) is 6.63. The molecule has 0 spiro atoms. The number of benzene rings is 1. The number of hydrogen-bond acceptors (Lipinski definition) is 10. The van der Waals surface area contributed by atoms with Gasteiger partial charge in [0.25, 0.3) is 36.3 Å². The first kappa shape index (κ1) is 31.8. The van der Waals surface area contributed by atoms with E-state index in [1.807, 2.05) is 6.92 Å². The Balaban J connectivity index is 3.24. The van der Waals surface area contributed by atoms with Gasteiger partial charge >= 0.3 is 0 Å². The van der Waals surface area contributed by atoms with E-state index in [-0.39, 0.29) is 61.9 Å². The van der Waals surface area contributed by atoms with Gasteiger partial charge < -0.3 is 19.5 Å². The molecule has 0 aromatic heterocycles. The monoisotopic (exact) mass is 577 g/mol. The van der Waals surface area contributed by atoms with Crippen molar-refractivity contribution >= 4 is 36.3 Å². The van der Waals surface area contributed by atoms with Crippen LogP contribution in [-0.4, -0.2) is 88.4 Å². The summed E-state index contributed by atoms with van der Waals surface area (Å²) in [6.07, 6.45) is 0.302. The molecule has 0 saturated carbocycles. The Kier molecular flexibility index (Phi) is 12.9. The van der Waals surface area contributed by atoms with Crippen LogP contribution in [0.4, 0.5) is 0 Å². The zero-order valence-corrected chi connectivity index (χ0v) is 22.0. The van der Waals surface area contributed by atoms with Crippen molar-refractivity contribution in [1.29, 1.82) is 0 Å². The predicted octanol–water partition coefficient (Wildman–Crippen LogP) is 0.797. The topological polar surface area (TPSA) is 220 Å². The SMILES string of the molecule is CCCNC(=O)c1cc(OCCCS(=O)(=O)O)c(OCCCS(=O)(=O)O)c(OCCCS(=O)(=O)O)c1. The van der Waals surface area contributed by atoms with Crippen molar-refractivity contribution in [2.24, 2.45) is 0 Å². The largest absolute Gasteiger partial charge is 0.489 e. The Bertz CT molecular complexity index is 1120. The molecule has 0 atom stereocenters. The second-order valence-electron chi connectivity index (χ2n) is 7.52. The first-order valence-corrected chi connectivity index (χ1v) is 15.6. The Morgan fingerprint density at radius 1 is 0.750 bits per heavy atom. The highest BCUT2D eigenvalue weighted by Gasteiger charge is 2.20. The third kappa shape index (κ3) is 14.4. The van der Waals surface area contributed by atoms with Gasteiger partial charge in [-0.05, 0) is 37.8 Å². The minimum Gasteiger partial charge on any atom is -0.489 e. The molecule has 1 rings (SSSR count). The fourth-order valence-corrected chi connectivity index (χ4v) is 4.12. The molecule has 0 aliphatic heterocycles. The molecular formula is C19H31NO13S3. The number of carbonyl (C=O) groups excluding carboxylic acids is 1. The highest BCUT2D eigenvalue weighted by Crippen LogP contribution is 2.39. The van der Waals surface area contributed by atoms with Gasteiger partial charge in [0.2, 0.25) is 5.75 Å². The Labute approximate surface area is 210 Å². The maximum atomic E-state index is 12.5. The second-order valence-corrected chi connectivity index (χ2v) is 12.2. The molecule has 0 saturated heterocycles. The van der Waals surface area contributed by atoms with Crippen LogP contribution in [0.15, 0.2) is 12.1 Å². The lowest BCUT2D eigenvalue weighted by Crippen LogP contribution is -2.24. The standard InChI is InChI=1S/C19H31NO13S3/c1-2-6-20-19(21)15-13-16(31-7-3-10-34(22,23)24)18(33-9-5-12-36(28,29)30)17(14-15)32-8-4-11-35(25,26)27/h13-14H,2-12H2,1H3,(H,20,21)(H,22,23,24)(H,25,26,27)(H,28,29,30). The highest BCUT2D eigenvalue weighted by atomic mass is 32.2. The lowest BCUT2D eigenvalue weighted by atomic mass is 10.1. The first-order valence-electron chi connectivity index (χ1n) is 10.8. The van der Waals surface area contributed by atoms with E-state index in [0.717, 1.165) is 0 Å². The average Bonchev–Trinajstić information content (AvgIpc) is 2.74. The fourth-order valence-electron chi connectivity index (χ4n) is 2.67. The van der Waals surface area contributed by atoms with Crippen LogP contribution in [0.25, 0.3) is 0 Å². The minimum atomic E-state index is -4.25. The van der Waals surface area contributed by atoms with Crippen LogP contribution < -0.4 is 19.5 Å².